The van der Waals surface area contributed by atoms with Crippen LogP contribution in [0.2, 0.25) is 0 Å². The Morgan fingerprint density at radius 3 is 2.54 bits per heavy atom. The van der Waals surface area contributed by atoms with Crippen LogP contribution < -0.4 is 5.32 Å². The highest BCUT2D eigenvalue weighted by Crippen LogP contribution is 2.24. The molecule has 1 aromatic rings. The Morgan fingerprint density at radius 1 is 1.38 bits per heavy atom. The van der Waals surface area contributed by atoms with Crippen LogP contribution >= 0.6 is 31.9 Å². The molecule has 0 unspecified atom stereocenters. The van der Waals surface area contributed by atoms with E-state index in [0.717, 1.165) is 0 Å². The third-order valence-corrected chi connectivity index (χ3v) is 2.75. The zero-order valence-electron chi connectivity index (χ0n) is 6.70. The number of hydrogen-bond donors (Lipinski definition) is 1. The smallest absolute Gasteiger partial charge is 0.252 e. The maximum atomic E-state index is 13.0. The van der Waals surface area contributed by atoms with Crippen molar-refractivity contribution in [2.24, 2.45) is 0 Å². The Kier molecular flexibility index (Phi) is 3.44. The van der Waals surface area contributed by atoms with Crippen LogP contribution in [-0.4, -0.2) is 13.0 Å². The minimum Gasteiger partial charge on any atom is -0.355 e. The van der Waals surface area contributed by atoms with E-state index in [-0.39, 0.29) is 11.5 Å². The van der Waals surface area contributed by atoms with Crippen LogP contribution in [0.3, 0.4) is 0 Å². The highest BCUT2D eigenvalue weighted by atomic mass is 79.9. The van der Waals surface area contributed by atoms with E-state index in [1.165, 1.54) is 19.2 Å². The van der Waals surface area contributed by atoms with Crippen molar-refractivity contribution in [1.82, 2.24) is 5.32 Å². The summed E-state index contributed by atoms with van der Waals surface area (Å²) in [6, 6.07) is 2.67. The average molecular weight is 311 g/mol. The lowest BCUT2D eigenvalue weighted by atomic mass is 10.2. The third kappa shape index (κ3) is 2.28. The lowest BCUT2D eigenvalue weighted by molar-refractivity contribution is 0.0962. The molecule has 0 fully saturated rings. The van der Waals surface area contributed by atoms with Crippen molar-refractivity contribution in [3.8, 4) is 0 Å². The fourth-order valence-electron chi connectivity index (χ4n) is 0.831. The van der Waals surface area contributed by atoms with Gasteiger partial charge < -0.3 is 5.32 Å². The second-order valence-electron chi connectivity index (χ2n) is 2.33. The molecule has 0 aliphatic heterocycles. The summed E-state index contributed by atoms with van der Waals surface area (Å²) in [5, 5.41) is 2.42. The van der Waals surface area contributed by atoms with Crippen molar-refractivity contribution < 1.29 is 9.18 Å². The second kappa shape index (κ2) is 4.19. The summed E-state index contributed by atoms with van der Waals surface area (Å²) in [6.45, 7) is 0. The van der Waals surface area contributed by atoms with E-state index in [4.69, 9.17) is 0 Å². The molecule has 13 heavy (non-hydrogen) atoms. The molecule has 0 aliphatic rings. The highest BCUT2D eigenvalue weighted by molar-refractivity contribution is 9.11. The van der Waals surface area contributed by atoms with Crippen LogP contribution in [0.4, 0.5) is 4.39 Å². The van der Waals surface area contributed by atoms with Gasteiger partial charge in [0.25, 0.3) is 5.91 Å². The molecular weight excluding hydrogens is 305 g/mol. The van der Waals surface area contributed by atoms with Gasteiger partial charge in [0.1, 0.15) is 5.82 Å². The maximum absolute atomic E-state index is 13.0. The molecule has 5 heteroatoms. The molecule has 0 spiro atoms. The van der Waals surface area contributed by atoms with Crippen molar-refractivity contribution in [3.63, 3.8) is 0 Å². The summed E-state index contributed by atoms with van der Waals surface area (Å²) < 4.78 is 13.9. The summed E-state index contributed by atoms with van der Waals surface area (Å²) in [7, 11) is 1.49. The number of benzene rings is 1. The van der Waals surface area contributed by atoms with Gasteiger partial charge in [-0.15, -0.1) is 0 Å². The quantitative estimate of drug-likeness (QED) is 0.794. The summed E-state index contributed by atoms with van der Waals surface area (Å²) in [5.41, 5.74) is 0.281. The first-order valence-electron chi connectivity index (χ1n) is 3.43. The van der Waals surface area contributed by atoms with Gasteiger partial charge in [-0.3, -0.25) is 4.79 Å². The minimum atomic E-state index is -0.457. The van der Waals surface area contributed by atoms with E-state index in [9.17, 15) is 9.18 Å². The molecule has 0 radical (unpaired) electrons. The summed E-state index contributed by atoms with van der Waals surface area (Å²) >= 11 is 6.18. The van der Waals surface area contributed by atoms with E-state index in [1.54, 1.807) is 0 Å². The standard InChI is InChI=1S/C8H6Br2FNO/c1-12-8(13)4-2-7(11)6(10)3-5(4)9/h2-3H,1H3,(H,12,13). The molecular formula is C8H6Br2FNO. The highest BCUT2D eigenvalue weighted by Gasteiger charge is 2.11. The molecule has 0 heterocycles. The monoisotopic (exact) mass is 309 g/mol. The van der Waals surface area contributed by atoms with Gasteiger partial charge in [0.15, 0.2) is 0 Å². The average Bonchev–Trinajstić information content (AvgIpc) is 2.10. The van der Waals surface area contributed by atoms with Gasteiger partial charge in [0.2, 0.25) is 0 Å². The molecule has 0 aliphatic carbocycles. The lowest BCUT2D eigenvalue weighted by Crippen LogP contribution is -2.18. The van der Waals surface area contributed by atoms with Crippen molar-refractivity contribution in [2.45, 2.75) is 0 Å². The van der Waals surface area contributed by atoms with Crippen LogP contribution in [0.5, 0.6) is 0 Å². The Morgan fingerprint density at radius 2 is 2.00 bits per heavy atom. The fourth-order valence-corrected chi connectivity index (χ4v) is 2.01. The summed E-state index contributed by atoms with van der Waals surface area (Å²) in [5.74, 6) is -0.778. The molecule has 1 rings (SSSR count). The zero-order valence-corrected chi connectivity index (χ0v) is 9.87. The van der Waals surface area contributed by atoms with Gasteiger partial charge in [-0.25, -0.2) is 4.39 Å². The van der Waals surface area contributed by atoms with Gasteiger partial charge in [-0.2, -0.15) is 0 Å². The molecule has 0 aromatic heterocycles. The van der Waals surface area contributed by atoms with Crippen LogP contribution in [0, 0.1) is 5.82 Å². The van der Waals surface area contributed by atoms with E-state index >= 15 is 0 Å². The van der Waals surface area contributed by atoms with Crippen molar-refractivity contribution in [3.05, 3.63) is 32.5 Å². The van der Waals surface area contributed by atoms with Crippen LogP contribution in [0.25, 0.3) is 0 Å². The Balaban J connectivity index is 3.23. The predicted octanol–water partition coefficient (Wildman–Crippen LogP) is 2.71. The SMILES string of the molecule is CNC(=O)c1cc(F)c(Br)cc1Br. The molecule has 0 bridgehead atoms. The van der Waals surface area contributed by atoms with Crippen molar-refractivity contribution in [2.75, 3.05) is 7.05 Å². The van der Waals surface area contributed by atoms with Gasteiger partial charge in [0.05, 0.1) is 10.0 Å². The first-order chi connectivity index (χ1) is 6.06. The number of carbonyl (C=O) groups is 1. The second-order valence-corrected chi connectivity index (χ2v) is 4.03. The first-order valence-corrected chi connectivity index (χ1v) is 5.01. The van der Waals surface area contributed by atoms with Gasteiger partial charge >= 0.3 is 0 Å². The minimum absolute atomic E-state index is 0.281. The van der Waals surface area contributed by atoms with Gasteiger partial charge in [-0.05, 0) is 44.0 Å². The lowest BCUT2D eigenvalue weighted by Gasteiger charge is -2.03. The van der Waals surface area contributed by atoms with Crippen LogP contribution in [0.15, 0.2) is 21.1 Å². The molecule has 0 saturated heterocycles. The largest absolute Gasteiger partial charge is 0.355 e. The molecule has 1 N–H and O–H groups in total. The third-order valence-electron chi connectivity index (χ3n) is 1.48. The molecule has 70 valence electrons. The molecule has 1 amide bonds. The Labute approximate surface area is 91.8 Å². The van der Waals surface area contributed by atoms with Gasteiger partial charge in [-0.1, -0.05) is 0 Å². The number of carbonyl (C=O) groups excluding carboxylic acids is 1. The van der Waals surface area contributed by atoms with Crippen LogP contribution in [-0.2, 0) is 0 Å². The normalized spacial score (nSPS) is 9.85. The summed E-state index contributed by atoms with van der Waals surface area (Å²) in [6.07, 6.45) is 0. The summed E-state index contributed by atoms with van der Waals surface area (Å²) in [4.78, 5) is 11.2. The Hall–Kier alpha value is -0.420. The molecule has 0 saturated carbocycles. The van der Waals surface area contributed by atoms with E-state index in [2.05, 4.69) is 37.2 Å². The number of amides is 1. The predicted molar refractivity (Wildman–Crippen MR) is 55.2 cm³/mol. The first kappa shape index (κ1) is 10.7. The molecule has 2 nitrogen and oxygen atoms in total. The topological polar surface area (TPSA) is 29.1 Å². The number of hydrogen-bond acceptors (Lipinski definition) is 1. The van der Waals surface area contributed by atoms with Crippen LogP contribution in [0.1, 0.15) is 10.4 Å². The van der Waals surface area contributed by atoms with Crippen molar-refractivity contribution in [1.29, 1.82) is 0 Å². The number of halogens is 3. The zero-order chi connectivity index (χ0) is 10.0. The number of nitrogens with one attached hydrogen (secondary N) is 1. The maximum Gasteiger partial charge on any atom is 0.252 e. The van der Waals surface area contributed by atoms with E-state index in [0.29, 0.717) is 8.95 Å². The fraction of sp³-hybridized carbons (Fsp3) is 0.125. The molecule has 0 atom stereocenters. The number of rotatable bonds is 1. The van der Waals surface area contributed by atoms with Gasteiger partial charge in [0, 0.05) is 11.5 Å². The van der Waals surface area contributed by atoms with E-state index in [1.807, 2.05) is 0 Å². The Bertz CT molecular complexity index is 354. The van der Waals surface area contributed by atoms with Crippen molar-refractivity contribution >= 4 is 37.8 Å². The molecule has 1 aromatic carbocycles. The van der Waals surface area contributed by atoms with E-state index < -0.39 is 5.82 Å².